The molecule has 0 N–H and O–H groups in total. The van der Waals surface area contributed by atoms with Crippen molar-refractivity contribution in [3.63, 3.8) is 0 Å². The Kier molecular flexibility index (Phi) is 3.86. The number of nitrogens with zero attached hydrogens (tertiary/aromatic N) is 5. The van der Waals surface area contributed by atoms with Gasteiger partial charge in [0.05, 0.1) is 17.6 Å². The van der Waals surface area contributed by atoms with E-state index in [0.29, 0.717) is 22.9 Å². The average Bonchev–Trinajstić information content (AvgIpc) is 2.91. The third kappa shape index (κ3) is 2.61. The van der Waals surface area contributed by atoms with Crippen LogP contribution in [-0.4, -0.2) is 30.4 Å². The number of hydrogen-bond acceptors (Lipinski definition) is 4. The lowest BCUT2D eigenvalue weighted by atomic mass is 10.2. The van der Waals surface area contributed by atoms with Crippen LogP contribution in [0.5, 0.6) is 0 Å². The van der Waals surface area contributed by atoms with Crippen molar-refractivity contribution in [1.29, 1.82) is 0 Å². The van der Waals surface area contributed by atoms with Gasteiger partial charge in [0.2, 0.25) is 0 Å². The molecule has 4 heterocycles. The predicted molar refractivity (Wildman–Crippen MR) is 92.2 cm³/mol. The summed E-state index contributed by atoms with van der Waals surface area (Å²) in [6.07, 6.45) is 6.51. The molecule has 0 fully saturated rings. The van der Waals surface area contributed by atoms with E-state index in [1.807, 2.05) is 31.6 Å². The molecule has 1 aliphatic rings. The molecule has 6 nitrogen and oxygen atoms in total. The van der Waals surface area contributed by atoms with Crippen LogP contribution in [0.1, 0.15) is 23.2 Å². The fourth-order valence-electron chi connectivity index (χ4n) is 3.25. The second-order valence-electron chi connectivity index (χ2n) is 6.21. The maximum absolute atomic E-state index is 12.9. The Morgan fingerprint density at radius 3 is 3.08 bits per heavy atom. The lowest BCUT2D eigenvalue weighted by Gasteiger charge is -2.20. The first-order chi connectivity index (χ1) is 11.6. The topological polar surface area (TPSA) is 55.4 Å². The van der Waals surface area contributed by atoms with E-state index in [-0.39, 0.29) is 5.56 Å². The minimum absolute atomic E-state index is 0.0912. The first kappa shape index (κ1) is 15.4. The molecule has 0 aromatic carbocycles. The number of halogens is 1. The summed E-state index contributed by atoms with van der Waals surface area (Å²) >= 11 is 6.35. The van der Waals surface area contributed by atoms with Gasteiger partial charge in [-0.15, -0.1) is 0 Å². The van der Waals surface area contributed by atoms with Crippen LogP contribution in [-0.2, 0) is 19.6 Å². The molecule has 3 aromatic heterocycles. The van der Waals surface area contributed by atoms with Crippen LogP contribution in [0.2, 0.25) is 5.15 Å². The Hall–Kier alpha value is -2.18. The van der Waals surface area contributed by atoms with Gasteiger partial charge in [0.25, 0.3) is 5.56 Å². The van der Waals surface area contributed by atoms with E-state index in [2.05, 4.69) is 19.4 Å². The third-order valence-electron chi connectivity index (χ3n) is 4.53. The number of fused-ring (bicyclic) bond motifs is 2. The van der Waals surface area contributed by atoms with Gasteiger partial charge >= 0.3 is 0 Å². The van der Waals surface area contributed by atoms with Gasteiger partial charge in [0.1, 0.15) is 10.8 Å². The third-order valence-corrected chi connectivity index (χ3v) is 4.84. The van der Waals surface area contributed by atoms with E-state index in [9.17, 15) is 4.79 Å². The van der Waals surface area contributed by atoms with E-state index in [4.69, 9.17) is 11.6 Å². The van der Waals surface area contributed by atoms with Gasteiger partial charge in [-0.3, -0.25) is 14.1 Å². The largest absolute Gasteiger partial charge is 0.333 e. The molecule has 0 aliphatic carbocycles. The van der Waals surface area contributed by atoms with Gasteiger partial charge < -0.3 is 4.57 Å². The summed E-state index contributed by atoms with van der Waals surface area (Å²) in [4.78, 5) is 23.7. The normalized spacial score (nSPS) is 15.4. The van der Waals surface area contributed by atoms with Crippen molar-refractivity contribution < 1.29 is 0 Å². The van der Waals surface area contributed by atoms with E-state index in [1.165, 1.54) is 0 Å². The fraction of sp³-hybridized carbons (Fsp3) is 0.353. The highest BCUT2D eigenvalue weighted by Gasteiger charge is 2.19. The molecule has 4 rings (SSSR count). The molecule has 0 bridgehead atoms. The van der Waals surface area contributed by atoms with Crippen molar-refractivity contribution in [1.82, 2.24) is 23.8 Å². The summed E-state index contributed by atoms with van der Waals surface area (Å²) in [6, 6.07) is 3.78. The van der Waals surface area contributed by atoms with Crippen molar-refractivity contribution in [2.75, 3.05) is 6.54 Å². The van der Waals surface area contributed by atoms with Crippen LogP contribution in [0, 0.1) is 6.92 Å². The molecule has 0 unspecified atom stereocenters. The monoisotopic (exact) mass is 343 g/mol. The zero-order valence-corrected chi connectivity index (χ0v) is 14.2. The highest BCUT2D eigenvalue weighted by molar-refractivity contribution is 6.30. The Morgan fingerprint density at radius 1 is 1.33 bits per heavy atom. The van der Waals surface area contributed by atoms with Gasteiger partial charge in [0.15, 0.2) is 0 Å². The van der Waals surface area contributed by atoms with Crippen LogP contribution in [0.25, 0.3) is 5.65 Å². The minimum Gasteiger partial charge on any atom is -0.333 e. The average molecular weight is 344 g/mol. The molecule has 24 heavy (non-hydrogen) atoms. The number of pyridine rings is 1. The first-order valence-electron chi connectivity index (χ1n) is 8.01. The molecular formula is C17H18ClN5O. The zero-order chi connectivity index (χ0) is 16.7. The molecule has 3 aromatic rings. The summed E-state index contributed by atoms with van der Waals surface area (Å²) in [6.45, 7) is 5.04. The molecule has 0 radical (unpaired) electrons. The van der Waals surface area contributed by atoms with E-state index in [1.54, 1.807) is 10.6 Å². The summed E-state index contributed by atoms with van der Waals surface area (Å²) in [5.74, 6) is 0. The van der Waals surface area contributed by atoms with Gasteiger partial charge in [-0.2, -0.15) is 0 Å². The van der Waals surface area contributed by atoms with Crippen molar-refractivity contribution in [3.05, 3.63) is 63.2 Å². The number of rotatable bonds is 2. The van der Waals surface area contributed by atoms with Crippen LogP contribution < -0.4 is 5.56 Å². The van der Waals surface area contributed by atoms with Crippen molar-refractivity contribution in [2.45, 2.75) is 33.0 Å². The van der Waals surface area contributed by atoms with E-state index >= 15 is 0 Å². The highest BCUT2D eigenvalue weighted by Crippen LogP contribution is 2.18. The summed E-state index contributed by atoms with van der Waals surface area (Å²) in [5.41, 5.74) is 3.17. The fourth-order valence-corrected chi connectivity index (χ4v) is 3.47. The van der Waals surface area contributed by atoms with Gasteiger partial charge in [-0.1, -0.05) is 17.7 Å². The Morgan fingerprint density at radius 2 is 2.21 bits per heavy atom. The first-order valence-corrected chi connectivity index (χ1v) is 8.39. The smallest absolute Gasteiger partial charge is 0.263 e. The SMILES string of the molecule is Cc1cccn2c(=O)c(CN3CCCn4cncc4C3)c(Cl)nc12. The van der Waals surface area contributed by atoms with E-state index in [0.717, 1.165) is 37.3 Å². The van der Waals surface area contributed by atoms with Gasteiger partial charge in [-0.05, 0) is 25.0 Å². The number of aryl methyl sites for hydroxylation is 2. The maximum atomic E-state index is 12.9. The molecule has 0 amide bonds. The van der Waals surface area contributed by atoms with Gasteiger partial charge in [0, 0.05) is 38.6 Å². The summed E-state index contributed by atoms with van der Waals surface area (Å²) in [5, 5.41) is 0.298. The lowest BCUT2D eigenvalue weighted by Crippen LogP contribution is -2.29. The second kappa shape index (κ2) is 6.03. The summed E-state index contributed by atoms with van der Waals surface area (Å²) in [7, 11) is 0. The molecule has 1 aliphatic heterocycles. The minimum atomic E-state index is -0.0912. The molecule has 124 valence electrons. The van der Waals surface area contributed by atoms with Gasteiger partial charge in [-0.25, -0.2) is 9.97 Å². The molecule has 0 atom stereocenters. The van der Waals surface area contributed by atoms with Crippen molar-refractivity contribution in [2.24, 2.45) is 0 Å². The molecule has 0 spiro atoms. The Bertz CT molecular complexity index is 961. The van der Waals surface area contributed by atoms with Crippen molar-refractivity contribution >= 4 is 17.2 Å². The number of aromatic nitrogens is 4. The molecule has 7 heteroatoms. The van der Waals surface area contributed by atoms with Crippen LogP contribution in [0.3, 0.4) is 0 Å². The second-order valence-corrected chi connectivity index (χ2v) is 6.57. The number of hydrogen-bond donors (Lipinski definition) is 0. The number of imidazole rings is 1. The van der Waals surface area contributed by atoms with Crippen LogP contribution in [0.4, 0.5) is 0 Å². The maximum Gasteiger partial charge on any atom is 0.263 e. The quantitative estimate of drug-likeness (QED) is 0.670. The zero-order valence-electron chi connectivity index (χ0n) is 13.4. The molecule has 0 saturated heterocycles. The van der Waals surface area contributed by atoms with Crippen LogP contribution in [0.15, 0.2) is 35.6 Å². The Labute approximate surface area is 144 Å². The van der Waals surface area contributed by atoms with Crippen molar-refractivity contribution in [3.8, 4) is 0 Å². The molecular weight excluding hydrogens is 326 g/mol. The standard InChI is InChI=1S/C17H18ClN5O/c1-12-4-2-7-23-16(12)20-15(18)14(17(23)24)10-21-5-3-6-22-11-19-8-13(22)9-21/h2,4,7-8,11H,3,5-6,9-10H2,1H3. The highest BCUT2D eigenvalue weighted by atomic mass is 35.5. The summed E-state index contributed by atoms with van der Waals surface area (Å²) < 4.78 is 3.75. The lowest BCUT2D eigenvalue weighted by molar-refractivity contribution is 0.259. The molecule has 0 saturated carbocycles. The Balaban J connectivity index is 1.71. The predicted octanol–water partition coefficient (Wildman–Crippen LogP) is 2.26. The van der Waals surface area contributed by atoms with E-state index < -0.39 is 0 Å². The van der Waals surface area contributed by atoms with Crippen LogP contribution >= 0.6 is 11.6 Å².